The Labute approximate surface area is 308 Å². The zero-order valence-electron chi connectivity index (χ0n) is 29.0. The van der Waals surface area contributed by atoms with E-state index < -0.39 is 86.5 Å². The Balaban J connectivity index is 1.04. The molecule has 2 fully saturated rings. The van der Waals surface area contributed by atoms with Crippen molar-refractivity contribution in [3.05, 3.63) is 83.9 Å². The zero-order valence-corrected chi connectivity index (χ0v) is 29.8. The van der Waals surface area contributed by atoms with Crippen molar-refractivity contribution >= 4 is 78.6 Å². The first-order valence-corrected chi connectivity index (χ1v) is 18.4. The third-order valence-corrected chi connectivity index (χ3v) is 11.9. The van der Waals surface area contributed by atoms with E-state index in [9.17, 15) is 47.4 Å². The van der Waals surface area contributed by atoms with Crippen molar-refractivity contribution in [3.63, 3.8) is 0 Å². The maximum atomic E-state index is 13.8. The van der Waals surface area contributed by atoms with Crippen LogP contribution in [-0.4, -0.2) is 73.4 Å². The lowest BCUT2D eigenvalue weighted by Crippen LogP contribution is -2.68. The first-order chi connectivity index (χ1) is 25.5. The minimum Gasteiger partial charge on any atom is -0.505 e. The summed E-state index contributed by atoms with van der Waals surface area (Å²) in [4.78, 5) is 80.0. The van der Waals surface area contributed by atoms with Gasteiger partial charge in [-0.15, -0.1) is 0 Å². The molecule has 0 spiro atoms. The van der Waals surface area contributed by atoms with Gasteiger partial charge in [0.15, 0.2) is 34.7 Å². The number of fused-ring (bicyclic) bond motifs is 4. The van der Waals surface area contributed by atoms with Crippen molar-refractivity contribution in [1.29, 1.82) is 0 Å². The Kier molecular flexibility index (Phi) is 8.77. The van der Waals surface area contributed by atoms with E-state index >= 15 is 0 Å². The number of aromatic hydroxyl groups is 1. The lowest BCUT2D eigenvalue weighted by atomic mass is 9.54. The van der Waals surface area contributed by atoms with Gasteiger partial charge in [0.2, 0.25) is 5.91 Å². The van der Waals surface area contributed by atoms with Crippen LogP contribution in [0.4, 0.5) is 27.5 Å². The van der Waals surface area contributed by atoms with E-state index in [1.807, 2.05) is 37.2 Å². The normalized spacial score (nSPS) is 23.5. The standard InChI is InChI=1S/C38H35N5O10S/c1-43(2)27-5-3-4-18-16-24(11-12-25(18)27)54(52,53)42-23-9-7-22(8-10-23)40-37(50)41-26-13-6-19-14-20-15-21-17-28(44)31(36(39)49)35(48)38(21,51)34(47)30(20)33(46)29(19)32(26)45/h3-13,16,20-21,30-31,42,45,51H,14-15,17H2,1-2H3,(H2,39,49)(H2,40,41,50)/t20-,21-,30?,31?,38-/m0/s1. The average Bonchev–Trinajstić information content (AvgIpc) is 3.11. The number of hydrogen-bond donors (Lipinski definition) is 6. The first kappa shape index (κ1) is 36.2. The van der Waals surface area contributed by atoms with E-state index in [1.54, 1.807) is 12.1 Å². The summed E-state index contributed by atoms with van der Waals surface area (Å²) in [5.41, 5.74) is 3.81. The largest absolute Gasteiger partial charge is 0.505 e. The highest BCUT2D eigenvalue weighted by molar-refractivity contribution is 7.92. The fourth-order valence-corrected chi connectivity index (χ4v) is 9.06. The minimum atomic E-state index is -3.96. The predicted octanol–water partition coefficient (Wildman–Crippen LogP) is 2.99. The molecule has 0 radical (unpaired) electrons. The van der Waals surface area contributed by atoms with E-state index in [0.29, 0.717) is 5.56 Å². The number of sulfonamides is 1. The van der Waals surface area contributed by atoms with Gasteiger partial charge in [-0.25, -0.2) is 13.2 Å². The van der Waals surface area contributed by atoms with Gasteiger partial charge in [-0.3, -0.25) is 28.7 Å². The Bertz CT molecular complexity index is 2430. The highest BCUT2D eigenvalue weighted by Crippen LogP contribution is 2.50. The summed E-state index contributed by atoms with van der Waals surface area (Å²) >= 11 is 0. The molecule has 0 aliphatic heterocycles. The number of urea groups is 1. The molecule has 3 aliphatic rings. The Morgan fingerprint density at radius 2 is 1.59 bits per heavy atom. The van der Waals surface area contributed by atoms with Gasteiger partial charge in [-0.1, -0.05) is 24.3 Å². The summed E-state index contributed by atoms with van der Waals surface area (Å²) in [7, 11) is -0.162. The minimum absolute atomic E-state index is 0.0360. The SMILES string of the molecule is CN(C)c1cccc2cc(S(=O)(=O)Nc3ccc(NC(=O)Nc4ccc5c(c4O)C(=O)C4C(=O)[C@]6(O)C(=O)C(C(N)=O)C(=O)C[C@@H]6C[C@@H]4C5)cc3)ccc12. The van der Waals surface area contributed by atoms with Crippen LogP contribution in [0.2, 0.25) is 0 Å². The molecule has 7 rings (SSSR count). The number of amides is 3. The molecule has 2 unspecified atom stereocenters. The number of nitrogens with zero attached hydrogens (tertiary/aromatic N) is 1. The molecule has 3 amide bonds. The first-order valence-electron chi connectivity index (χ1n) is 16.9. The highest BCUT2D eigenvalue weighted by atomic mass is 32.2. The fourth-order valence-electron chi connectivity index (χ4n) is 7.97. The van der Waals surface area contributed by atoms with Crippen LogP contribution in [0.1, 0.15) is 28.8 Å². The third-order valence-electron chi connectivity index (χ3n) is 10.5. The van der Waals surface area contributed by atoms with Crippen molar-refractivity contribution in [2.75, 3.05) is 34.4 Å². The number of phenolic OH excluding ortho intramolecular Hbond substituents is 1. The molecule has 0 bridgehead atoms. The van der Waals surface area contributed by atoms with Crippen molar-refractivity contribution in [2.24, 2.45) is 29.4 Å². The number of nitrogens with one attached hydrogen (secondary N) is 3. The van der Waals surface area contributed by atoms with Gasteiger partial charge in [0, 0.05) is 48.9 Å². The summed E-state index contributed by atoms with van der Waals surface area (Å²) in [6, 6.07) is 18.3. The van der Waals surface area contributed by atoms with Crippen LogP contribution in [0.25, 0.3) is 10.8 Å². The summed E-state index contributed by atoms with van der Waals surface area (Å²) in [5, 5.41) is 29.2. The van der Waals surface area contributed by atoms with E-state index in [4.69, 9.17) is 5.73 Å². The number of ketones is 4. The second-order valence-corrected chi connectivity index (χ2v) is 15.7. The Morgan fingerprint density at radius 1 is 0.889 bits per heavy atom. The number of rotatable bonds is 7. The number of phenols is 1. The quantitative estimate of drug-likeness (QED) is 0.118. The molecule has 0 saturated heterocycles. The fraction of sp³-hybridized carbons (Fsp3) is 0.263. The topological polar surface area (TPSA) is 242 Å². The van der Waals surface area contributed by atoms with E-state index in [0.717, 1.165) is 16.5 Å². The lowest BCUT2D eigenvalue weighted by Gasteiger charge is -2.48. The number of benzene rings is 4. The number of anilines is 4. The summed E-state index contributed by atoms with van der Waals surface area (Å²) in [5.74, 6) is -11.5. The maximum Gasteiger partial charge on any atom is 0.323 e. The average molecular weight is 754 g/mol. The van der Waals surface area contributed by atoms with Gasteiger partial charge in [-0.05, 0) is 78.2 Å². The van der Waals surface area contributed by atoms with E-state index in [1.165, 1.54) is 42.5 Å². The Morgan fingerprint density at radius 3 is 2.28 bits per heavy atom. The molecule has 0 heterocycles. The van der Waals surface area contributed by atoms with Crippen LogP contribution in [0.5, 0.6) is 5.75 Å². The molecule has 4 aromatic rings. The van der Waals surface area contributed by atoms with Crippen molar-refractivity contribution in [1.82, 2.24) is 0 Å². The summed E-state index contributed by atoms with van der Waals surface area (Å²) in [6.07, 6.45) is -0.372. The number of nitrogens with two attached hydrogens (primary N) is 1. The van der Waals surface area contributed by atoms with Crippen molar-refractivity contribution in [2.45, 2.75) is 29.8 Å². The zero-order chi connectivity index (χ0) is 38.9. The van der Waals surface area contributed by atoms with Crippen LogP contribution in [0.3, 0.4) is 0 Å². The maximum absolute atomic E-state index is 13.8. The molecule has 5 atom stereocenters. The van der Waals surface area contributed by atoms with E-state index in [-0.39, 0.29) is 40.4 Å². The molecule has 2 saturated carbocycles. The van der Waals surface area contributed by atoms with Crippen molar-refractivity contribution in [3.8, 4) is 5.75 Å². The summed E-state index contributed by atoms with van der Waals surface area (Å²) < 4.78 is 28.9. The van der Waals surface area contributed by atoms with Crippen LogP contribution < -0.4 is 26.0 Å². The van der Waals surface area contributed by atoms with Gasteiger partial charge in [-0.2, -0.15) is 0 Å². The van der Waals surface area contributed by atoms with Gasteiger partial charge in [0.05, 0.1) is 22.1 Å². The van der Waals surface area contributed by atoms with E-state index in [2.05, 4.69) is 15.4 Å². The molecular weight excluding hydrogens is 719 g/mol. The number of carbonyl (C=O) groups excluding carboxylic acids is 6. The molecule has 278 valence electrons. The number of carbonyl (C=O) groups is 6. The van der Waals surface area contributed by atoms with Gasteiger partial charge in [0.1, 0.15) is 5.75 Å². The molecule has 15 nitrogen and oxygen atoms in total. The van der Waals surface area contributed by atoms with Gasteiger partial charge >= 0.3 is 6.03 Å². The highest BCUT2D eigenvalue weighted by Gasteiger charge is 2.66. The van der Waals surface area contributed by atoms with Crippen LogP contribution >= 0.6 is 0 Å². The molecule has 4 aromatic carbocycles. The molecule has 3 aliphatic carbocycles. The predicted molar refractivity (Wildman–Crippen MR) is 197 cm³/mol. The van der Waals surface area contributed by atoms with Crippen LogP contribution in [-0.2, 0) is 35.6 Å². The number of hydrogen-bond acceptors (Lipinski definition) is 11. The number of aliphatic hydroxyl groups is 1. The lowest BCUT2D eigenvalue weighted by molar-refractivity contribution is -0.175. The second kappa shape index (κ2) is 13.1. The molecule has 54 heavy (non-hydrogen) atoms. The molecule has 7 N–H and O–H groups in total. The smallest absolute Gasteiger partial charge is 0.323 e. The number of primary amides is 1. The van der Waals surface area contributed by atoms with Gasteiger partial charge in [0.25, 0.3) is 10.0 Å². The summed E-state index contributed by atoms with van der Waals surface area (Å²) in [6.45, 7) is 0. The monoisotopic (exact) mass is 753 g/mol. The molecule has 16 heteroatoms. The Hall–Kier alpha value is -6.13. The van der Waals surface area contributed by atoms with Crippen LogP contribution in [0, 0.1) is 23.7 Å². The van der Waals surface area contributed by atoms with Crippen LogP contribution in [0.15, 0.2) is 77.7 Å². The molecular formula is C38H35N5O10S. The molecule has 0 aromatic heterocycles. The third kappa shape index (κ3) is 5.92. The second-order valence-electron chi connectivity index (χ2n) is 14.1. The van der Waals surface area contributed by atoms with Crippen molar-refractivity contribution < 1.29 is 47.4 Å². The van der Waals surface area contributed by atoms with Gasteiger partial charge < -0.3 is 31.5 Å². The number of Topliss-reactive ketones (excluding diaryl/α,β-unsaturated/α-hetero) is 4.